The van der Waals surface area contributed by atoms with Crippen molar-refractivity contribution < 1.29 is 9.53 Å². The van der Waals surface area contributed by atoms with Gasteiger partial charge in [0.2, 0.25) is 0 Å². The zero-order valence-corrected chi connectivity index (χ0v) is 15.0. The van der Waals surface area contributed by atoms with Gasteiger partial charge < -0.3 is 15.4 Å². The molecule has 0 atom stereocenters. The van der Waals surface area contributed by atoms with Crippen molar-refractivity contribution in [3.8, 4) is 11.4 Å². The van der Waals surface area contributed by atoms with E-state index in [0.29, 0.717) is 24.6 Å². The second kappa shape index (κ2) is 7.65. The maximum atomic E-state index is 12.4. The molecule has 1 aromatic carbocycles. The first-order valence-corrected chi connectivity index (χ1v) is 8.79. The number of rotatable bonds is 7. The van der Waals surface area contributed by atoms with Gasteiger partial charge in [-0.2, -0.15) is 0 Å². The van der Waals surface area contributed by atoms with Crippen LogP contribution in [0.1, 0.15) is 37.0 Å². The molecule has 0 saturated carbocycles. The summed E-state index contributed by atoms with van der Waals surface area (Å²) in [4.78, 5) is 12.4. The lowest BCUT2D eigenvalue weighted by Crippen LogP contribution is -2.48. The largest absolute Gasteiger partial charge is 0.491 e. The molecule has 1 fully saturated rings. The molecule has 0 spiro atoms. The highest BCUT2D eigenvalue weighted by molar-refractivity contribution is 5.93. The fourth-order valence-electron chi connectivity index (χ4n) is 2.75. The number of amides is 1. The zero-order chi connectivity index (χ0) is 17.8. The number of benzene rings is 1. The van der Waals surface area contributed by atoms with Crippen molar-refractivity contribution >= 4 is 5.91 Å². The van der Waals surface area contributed by atoms with Crippen molar-refractivity contribution in [1.29, 1.82) is 0 Å². The highest BCUT2D eigenvalue weighted by Gasteiger charge is 2.22. The molecular formula is C18H25N5O2. The van der Waals surface area contributed by atoms with Crippen LogP contribution < -0.4 is 15.4 Å². The van der Waals surface area contributed by atoms with E-state index in [1.54, 1.807) is 4.68 Å². The molecule has 1 aromatic heterocycles. The summed E-state index contributed by atoms with van der Waals surface area (Å²) in [6, 6.07) is 7.65. The molecule has 1 saturated heterocycles. The lowest BCUT2D eigenvalue weighted by Gasteiger charge is -2.26. The minimum Gasteiger partial charge on any atom is -0.491 e. The quantitative estimate of drug-likeness (QED) is 0.797. The van der Waals surface area contributed by atoms with E-state index in [9.17, 15) is 4.79 Å². The Bertz CT molecular complexity index is 720. The minimum absolute atomic E-state index is 0.129. The summed E-state index contributed by atoms with van der Waals surface area (Å²) in [5.41, 5.74) is 2.07. The van der Waals surface area contributed by atoms with Gasteiger partial charge in [0, 0.05) is 25.6 Å². The molecule has 0 unspecified atom stereocenters. The molecule has 25 heavy (non-hydrogen) atoms. The number of carbonyl (C=O) groups excluding carboxylic acids is 1. The molecule has 7 heteroatoms. The monoisotopic (exact) mass is 343 g/mol. The van der Waals surface area contributed by atoms with Gasteiger partial charge in [0.05, 0.1) is 17.5 Å². The van der Waals surface area contributed by atoms with Crippen LogP contribution in [0.5, 0.6) is 5.75 Å². The molecule has 7 nitrogen and oxygen atoms in total. The van der Waals surface area contributed by atoms with Crippen LogP contribution >= 0.6 is 0 Å². The Balaban J connectivity index is 1.75. The summed E-state index contributed by atoms with van der Waals surface area (Å²) >= 11 is 0. The normalized spacial score (nSPS) is 14.4. The standard InChI is InChI=1S/C18H25N5O2/c1-4-16-17(18(24)20-11-13-9-19-10-13)21-22-23(16)14-5-7-15(8-6-14)25-12(2)3/h5-8,12-13,19H,4,9-11H2,1-3H3,(H,20,24). The van der Waals surface area contributed by atoms with Crippen LogP contribution in [0.4, 0.5) is 0 Å². The number of ether oxygens (including phenoxy) is 1. The average Bonchev–Trinajstić information content (AvgIpc) is 2.97. The van der Waals surface area contributed by atoms with Gasteiger partial charge in [0.15, 0.2) is 5.69 Å². The highest BCUT2D eigenvalue weighted by atomic mass is 16.5. The predicted molar refractivity (Wildman–Crippen MR) is 95.2 cm³/mol. The summed E-state index contributed by atoms with van der Waals surface area (Å²) in [7, 11) is 0. The van der Waals surface area contributed by atoms with E-state index < -0.39 is 0 Å². The second-order valence-corrected chi connectivity index (χ2v) is 6.54. The molecule has 0 bridgehead atoms. The third-order valence-electron chi connectivity index (χ3n) is 4.18. The van der Waals surface area contributed by atoms with Crippen molar-refractivity contribution in [1.82, 2.24) is 25.6 Å². The van der Waals surface area contributed by atoms with Crippen LogP contribution in [0.2, 0.25) is 0 Å². The number of hydrogen-bond donors (Lipinski definition) is 2. The van der Waals surface area contributed by atoms with Crippen LogP contribution in [0.25, 0.3) is 5.69 Å². The highest BCUT2D eigenvalue weighted by Crippen LogP contribution is 2.19. The summed E-state index contributed by atoms with van der Waals surface area (Å²) in [5.74, 6) is 1.16. The number of carbonyl (C=O) groups is 1. The number of aromatic nitrogens is 3. The maximum absolute atomic E-state index is 12.4. The molecule has 2 aromatic rings. The molecule has 1 amide bonds. The average molecular weight is 343 g/mol. The van der Waals surface area contributed by atoms with E-state index in [1.807, 2.05) is 45.0 Å². The Hall–Kier alpha value is -2.41. The van der Waals surface area contributed by atoms with Crippen LogP contribution in [-0.4, -0.2) is 46.6 Å². The smallest absolute Gasteiger partial charge is 0.273 e. The van der Waals surface area contributed by atoms with Crippen LogP contribution in [0.3, 0.4) is 0 Å². The van der Waals surface area contributed by atoms with Gasteiger partial charge in [0.25, 0.3) is 5.91 Å². The van der Waals surface area contributed by atoms with Gasteiger partial charge in [-0.25, -0.2) is 4.68 Å². The topological polar surface area (TPSA) is 81.1 Å². The number of hydrogen-bond acceptors (Lipinski definition) is 5. The molecule has 1 aliphatic rings. The van der Waals surface area contributed by atoms with Gasteiger partial charge in [0.1, 0.15) is 5.75 Å². The number of nitrogens with one attached hydrogen (secondary N) is 2. The summed E-state index contributed by atoms with van der Waals surface area (Å²) < 4.78 is 7.38. The van der Waals surface area contributed by atoms with Crippen molar-refractivity contribution in [3.05, 3.63) is 35.7 Å². The van der Waals surface area contributed by atoms with Crippen LogP contribution in [-0.2, 0) is 6.42 Å². The SMILES string of the molecule is CCc1c(C(=O)NCC2CNC2)nnn1-c1ccc(OC(C)C)cc1. The Morgan fingerprint density at radius 3 is 2.64 bits per heavy atom. The second-order valence-electron chi connectivity index (χ2n) is 6.54. The summed E-state index contributed by atoms with van der Waals surface area (Å²) in [6.45, 7) is 8.56. The van der Waals surface area contributed by atoms with E-state index in [0.717, 1.165) is 30.2 Å². The first kappa shape index (κ1) is 17.4. The van der Waals surface area contributed by atoms with Gasteiger partial charge in [-0.15, -0.1) is 5.10 Å². The van der Waals surface area contributed by atoms with E-state index in [4.69, 9.17) is 4.74 Å². The molecule has 1 aliphatic heterocycles. The Morgan fingerprint density at radius 2 is 2.08 bits per heavy atom. The van der Waals surface area contributed by atoms with Crippen LogP contribution in [0.15, 0.2) is 24.3 Å². The van der Waals surface area contributed by atoms with Crippen molar-refractivity contribution in [3.63, 3.8) is 0 Å². The van der Waals surface area contributed by atoms with E-state index >= 15 is 0 Å². The molecule has 134 valence electrons. The van der Waals surface area contributed by atoms with E-state index in [-0.39, 0.29) is 12.0 Å². The van der Waals surface area contributed by atoms with Gasteiger partial charge in [-0.05, 0) is 44.5 Å². The first-order valence-electron chi connectivity index (χ1n) is 8.79. The van der Waals surface area contributed by atoms with Crippen molar-refractivity contribution in [2.75, 3.05) is 19.6 Å². The van der Waals surface area contributed by atoms with Gasteiger partial charge in [-0.1, -0.05) is 12.1 Å². The van der Waals surface area contributed by atoms with E-state index in [1.165, 1.54) is 0 Å². The van der Waals surface area contributed by atoms with Crippen molar-refractivity contribution in [2.45, 2.75) is 33.3 Å². The van der Waals surface area contributed by atoms with Gasteiger partial charge >= 0.3 is 0 Å². The predicted octanol–water partition coefficient (Wildman–Crippen LogP) is 1.57. The molecular weight excluding hydrogens is 318 g/mol. The summed E-state index contributed by atoms with van der Waals surface area (Å²) in [6.07, 6.45) is 0.801. The fraction of sp³-hybridized carbons (Fsp3) is 0.500. The fourth-order valence-corrected chi connectivity index (χ4v) is 2.75. The molecule has 0 aliphatic carbocycles. The third kappa shape index (κ3) is 3.99. The molecule has 0 radical (unpaired) electrons. The van der Waals surface area contributed by atoms with Crippen LogP contribution in [0, 0.1) is 5.92 Å². The Morgan fingerprint density at radius 1 is 1.36 bits per heavy atom. The van der Waals surface area contributed by atoms with E-state index in [2.05, 4.69) is 20.9 Å². The minimum atomic E-state index is -0.158. The molecule has 2 N–H and O–H groups in total. The first-order chi connectivity index (χ1) is 12.1. The lowest BCUT2D eigenvalue weighted by molar-refractivity contribution is 0.0936. The summed E-state index contributed by atoms with van der Waals surface area (Å²) in [5, 5.41) is 14.4. The Labute approximate surface area is 147 Å². The van der Waals surface area contributed by atoms with Crippen molar-refractivity contribution in [2.24, 2.45) is 5.92 Å². The molecule has 3 rings (SSSR count). The third-order valence-corrected chi connectivity index (χ3v) is 4.18. The maximum Gasteiger partial charge on any atom is 0.273 e. The molecule has 2 heterocycles. The zero-order valence-electron chi connectivity index (χ0n) is 15.0. The Kier molecular flexibility index (Phi) is 5.33. The van der Waals surface area contributed by atoms with Gasteiger partial charge in [-0.3, -0.25) is 4.79 Å². The number of nitrogens with zero attached hydrogens (tertiary/aromatic N) is 3. The lowest BCUT2D eigenvalue weighted by atomic mass is 10.0.